The van der Waals surface area contributed by atoms with Crippen LogP contribution in [0.2, 0.25) is 5.02 Å². The van der Waals surface area contributed by atoms with E-state index in [0.717, 1.165) is 16.7 Å². The smallest absolute Gasteiger partial charge is 0.206 e. The zero-order valence-electron chi connectivity index (χ0n) is 21.5. The summed E-state index contributed by atoms with van der Waals surface area (Å²) in [5.74, 6) is 0.00108. The molecule has 7 heteroatoms. The number of hydrogen-bond acceptors (Lipinski definition) is 5. The van der Waals surface area contributed by atoms with Gasteiger partial charge in [-0.1, -0.05) is 72.3 Å². The Morgan fingerprint density at radius 2 is 1.58 bits per heavy atom. The maximum Gasteiger partial charge on any atom is 0.206 e. The van der Waals surface area contributed by atoms with Gasteiger partial charge in [-0.3, -0.25) is 4.90 Å². The number of hydrogen-bond donors (Lipinski definition) is 2. The molecule has 0 bridgehead atoms. The van der Waals surface area contributed by atoms with Crippen LogP contribution in [0, 0.1) is 13.8 Å². The molecule has 0 aliphatic rings. The number of aryl methyl sites for hydroxylation is 1. The molecule has 0 radical (unpaired) electrons. The summed E-state index contributed by atoms with van der Waals surface area (Å²) in [5, 5.41) is 21.7. The number of rotatable bonds is 10. The minimum Gasteiger partial charge on any atom is -0.507 e. The van der Waals surface area contributed by atoms with Gasteiger partial charge >= 0.3 is 0 Å². The number of aliphatic hydroxyl groups excluding tert-OH is 1. The Morgan fingerprint density at radius 3 is 2.26 bits per heavy atom. The molecule has 0 saturated carbocycles. The fourth-order valence-electron chi connectivity index (χ4n) is 4.50. The number of phenolic OH excluding ortho intramolecular Hbond substituents is 1. The van der Waals surface area contributed by atoms with Crippen molar-refractivity contribution in [3.63, 3.8) is 0 Å². The van der Waals surface area contributed by atoms with Crippen LogP contribution in [0.4, 0.5) is 0 Å². The fourth-order valence-corrected chi connectivity index (χ4v) is 6.19. The van der Waals surface area contributed by atoms with Crippen molar-refractivity contribution in [2.75, 3.05) is 13.1 Å². The van der Waals surface area contributed by atoms with Gasteiger partial charge in [-0.25, -0.2) is 8.42 Å². The van der Waals surface area contributed by atoms with Gasteiger partial charge < -0.3 is 10.2 Å². The third-order valence-electron chi connectivity index (χ3n) is 6.74. The van der Waals surface area contributed by atoms with E-state index in [4.69, 9.17) is 11.6 Å². The van der Waals surface area contributed by atoms with Crippen LogP contribution < -0.4 is 0 Å². The number of benzene rings is 4. The SMILES string of the molecule is Cc1ccc(S(=O)(=O)c2ccc(CCN(Cc3ccccc3)C[C@@H](O)c3cccc(Cl)c3)cc2)c(C)c1O. The molecule has 0 fully saturated rings. The van der Waals surface area contributed by atoms with Crippen LogP contribution >= 0.6 is 11.6 Å². The van der Waals surface area contributed by atoms with Crippen molar-refractivity contribution in [2.45, 2.75) is 42.7 Å². The average molecular weight is 550 g/mol. The lowest BCUT2D eigenvalue weighted by Crippen LogP contribution is -2.30. The van der Waals surface area contributed by atoms with E-state index in [1.54, 1.807) is 50.2 Å². The van der Waals surface area contributed by atoms with Gasteiger partial charge in [-0.15, -0.1) is 0 Å². The maximum absolute atomic E-state index is 13.2. The van der Waals surface area contributed by atoms with E-state index in [1.807, 2.05) is 42.5 Å². The van der Waals surface area contributed by atoms with E-state index in [-0.39, 0.29) is 15.5 Å². The van der Waals surface area contributed by atoms with Crippen molar-refractivity contribution in [1.29, 1.82) is 0 Å². The highest BCUT2D eigenvalue weighted by Crippen LogP contribution is 2.31. The molecule has 0 heterocycles. The van der Waals surface area contributed by atoms with E-state index < -0.39 is 15.9 Å². The summed E-state index contributed by atoms with van der Waals surface area (Å²) < 4.78 is 26.4. The molecule has 198 valence electrons. The van der Waals surface area contributed by atoms with Crippen molar-refractivity contribution in [3.8, 4) is 5.75 Å². The van der Waals surface area contributed by atoms with Crippen LogP contribution in [0.15, 0.2) is 101 Å². The standard InChI is InChI=1S/C31H32ClNO4S/c1-22-11-16-30(23(2)31(22)35)38(36,37)28-14-12-24(13-15-28)17-18-33(20-25-7-4-3-5-8-25)21-29(34)26-9-6-10-27(32)19-26/h3-16,19,29,34-35H,17-18,20-21H2,1-2H3/t29-/m1/s1. The molecule has 4 aromatic carbocycles. The number of phenols is 1. The van der Waals surface area contributed by atoms with Crippen molar-refractivity contribution in [2.24, 2.45) is 0 Å². The zero-order valence-corrected chi connectivity index (χ0v) is 23.1. The van der Waals surface area contributed by atoms with Crippen molar-refractivity contribution < 1.29 is 18.6 Å². The van der Waals surface area contributed by atoms with Crippen LogP contribution in [0.5, 0.6) is 5.75 Å². The van der Waals surface area contributed by atoms with Crippen molar-refractivity contribution >= 4 is 21.4 Å². The quantitative estimate of drug-likeness (QED) is 0.244. The fraction of sp³-hybridized carbons (Fsp3) is 0.226. The second-order valence-electron chi connectivity index (χ2n) is 9.54. The summed E-state index contributed by atoms with van der Waals surface area (Å²) in [6.07, 6.45) is -0.0149. The topological polar surface area (TPSA) is 77.8 Å². The molecule has 0 amide bonds. The maximum atomic E-state index is 13.2. The minimum atomic E-state index is -3.76. The lowest BCUT2D eigenvalue weighted by atomic mass is 10.1. The van der Waals surface area contributed by atoms with Crippen molar-refractivity contribution in [1.82, 2.24) is 4.90 Å². The first kappa shape index (κ1) is 27.9. The molecule has 0 aliphatic carbocycles. The lowest BCUT2D eigenvalue weighted by Gasteiger charge is -2.25. The largest absolute Gasteiger partial charge is 0.507 e. The summed E-state index contributed by atoms with van der Waals surface area (Å²) in [5.41, 5.74) is 3.88. The third-order valence-corrected chi connectivity index (χ3v) is 8.89. The van der Waals surface area contributed by atoms with Crippen LogP contribution in [-0.4, -0.2) is 36.6 Å². The zero-order chi connectivity index (χ0) is 27.3. The first-order valence-electron chi connectivity index (χ1n) is 12.5. The Kier molecular flexibility index (Phi) is 8.90. The summed E-state index contributed by atoms with van der Waals surface area (Å²) in [6.45, 7) is 5.12. The molecule has 38 heavy (non-hydrogen) atoms. The van der Waals surface area contributed by atoms with Gasteiger partial charge in [0, 0.05) is 30.2 Å². The molecular formula is C31H32ClNO4S. The van der Waals surface area contributed by atoms with E-state index >= 15 is 0 Å². The number of aromatic hydroxyl groups is 1. The second kappa shape index (κ2) is 12.1. The lowest BCUT2D eigenvalue weighted by molar-refractivity contribution is 0.109. The van der Waals surface area contributed by atoms with Crippen LogP contribution in [0.1, 0.15) is 33.9 Å². The van der Waals surface area contributed by atoms with Crippen LogP contribution in [0.3, 0.4) is 0 Å². The molecule has 0 aromatic heterocycles. The molecular weight excluding hydrogens is 518 g/mol. The van der Waals surface area contributed by atoms with E-state index in [2.05, 4.69) is 17.0 Å². The molecule has 5 nitrogen and oxygen atoms in total. The highest BCUT2D eigenvalue weighted by atomic mass is 35.5. The molecule has 4 aromatic rings. The van der Waals surface area contributed by atoms with Gasteiger partial charge in [0.2, 0.25) is 9.84 Å². The van der Waals surface area contributed by atoms with E-state index in [9.17, 15) is 18.6 Å². The Morgan fingerprint density at radius 1 is 0.868 bits per heavy atom. The van der Waals surface area contributed by atoms with Crippen molar-refractivity contribution in [3.05, 3.63) is 124 Å². The molecule has 1 atom stereocenters. The summed E-state index contributed by atoms with van der Waals surface area (Å²) >= 11 is 6.12. The number of halogens is 1. The van der Waals surface area contributed by atoms with Gasteiger partial charge in [0.1, 0.15) is 5.75 Å². The third kappa shape index (κ3) is 6.63. The Hall–Kier alpha value is -3.16. The predicted octanol–water partition coefficient (Wildman–Crippen LogP) is 6.27. The number of sulfone groups is 1. The first-order valence-corrected chi connectivity index (χ1v) is 14.3. The van der Waals surface area contributed by atoms with Gasteiger partial charge in [0.15, 0.2) is 0 Å². The summed E-state index contributed by atoms with van der Waals surface area (Å²) in [7, 11) is -3.76. The Labute approximate surface area is 229 Å². The van der Waals surface area contributed by atoms with Gasteiger partial charge in [0.25, 0.3) is 0 Å². The molecule has 0 unspecified atom stereocenters. The summed E-state index contributed by atoms with van der Waals surface area (Å²) in [6, 6.07) is 27.4. The molecule has 4 rings (SSSR count). The highest BCUT2D eigenvalue weighted by molar-refractivity contribution is 7.91. The van der Waals surface area contributed by atoms with Gasteiger partial charge in [-0.05, 0) is 72.9 Å². The molecule has 0 aliphatic heterocycles. The highest BCUT2D eigenvalue weighted by Gasteiger charge is 2.22. The minimum absolute atomic E-state index is 0.00108. The monoisotopic (exact) mass is 549 g/mol. The normalized spacial score (nSPS) is 12.6. The molecule has 0 saturated heterocycles. The Bertz CT molecular complexity index is 1490. The predicted molar refractivity (Wildman–Crippen MR) is 151 cm³/mol. The van der Waals surface area contributed by atoms with Crippen LogP contribution in [0.25, 0.3) is 0 Å². The molecule has 0 spiro atoms. The van der Waals surface area contributed by atoms with E-state index in [0.29, 0.717) is 42.2 Å². The second-order valence-corrected chi connectivity index (χ2v) is 11.9. The van der Waals surface area contributed by atoms with E-state index in [1.165, 1.54) is 0 Å². The van der Waals surface area contributed by atoms with Gasteiger partial charge in [-0.2, -0.15) is 0 Å². The molecule has 2 N–H and O–H groups in total. The summed E-state index contributed by atoms with van der Waals surface area (Å²) in [4.78, 5) is 2.48. The average Bonchev–Trinajstić information content (AvgIpc) is 2.91. The Balaban J connectivity index is 1.49. The van der Waals surface area contributed by atoms with Crippen LogP contribution in [-0.2, 0) is 22.8 Å². The van der Waals surface area contributed by atoms with Gasteiger partial charge in [0.05, 0.1) is 15.9 Å². The number of aliphatic hydroxyl groups is 1. The number of nitrogens with zero attached hydrogens (tertiary/aromatic N) is 1. The first-order chi connectivity index (χ1) is 18.1.